The predicted octanol–water partition coefficient (Wildman–Crippen LogP) is 5.70. The molecule has 0 heterocycles. The van der Waals surface area contributed by atoms with Crippen LogP contribution in [0.15, 0.2) is 24.3 Å². The highest BCUT2D eigenvalue weighted by Crippen LogP contribution is 2.14. The molecule has 2 amide bonds. The molecule has 1 aromatic carbocycles. The molecule has 0 aromatic heterocycles. The number of carbonyl (C=O) groups is 2. The number of anilines is 1. The van der Waals surface area contributed by atoms with Crippen molar-refractivity contribution in [1.29, 1.82) is 0 Å². The smallest absolute Gasteiger partial charge is 0.251 e. The summed E-state index contributed by atoms with van der Waals surface area (Å²) in [5, 5.41) is 5.68. The van der Waals surface area contributed by atoms with Gasteiger partial charge in [-0.2, -0.15) is 0 Å². The Morgan fingerprint density at radius 1 is 0.897 bits per heavy atom. The number of hydrogen-bond donors (Lipinski definition) is 2. The third kappa shape index (κ3) is 13.1. The summed E-state index contributed by atoms with van der Waals surface area (Å²) in [4.78, 5) is 24.2. The van der Waals surface area contributed by atoms with Gasteiger partial charge in [-0.15, -0.1) is 0 Å². The third-order valence-corrected chi connectivity index (χ3v) is 5.01. The molecular weight excluding hydrogens is 364 g/mol. The molecule has 5 nitrogen and oxygen atoms in total. The molecule has 0 aliphatic heterocycles. The monoisotopic (exact) mass is 404 g/mol. The van der Waals surface area contributed by atoms with E-state index in [1.807, 2.05) is 6.07 Å². The Hall–Kier alpha value is -1.88. The van der Waals surface area contributed by atoms with E-state index in [-0.39, 0.29) is 11.8 Å². The first-order valence-electron chi connectivity index (χ1n) is 11.3. The molecule has 0 spiro atoms. The maximum absolute atomic E-state index is 12.1. The summed E-state index contributed by atoms with van der Waals surface area (Å²) in [6, 6.07) is 7.04. The van der Waals surface area contributed by atoms with Gasteiger partial charge in [-0.1, -0.05) is 77.2 Å². The molecule has 0 aliphatic rings. The van der Waals surface area contributed by atoms with Crippen molar-refractivity contribution in [2.45, 2.75) is 84.0 Å². The number of rotatable bonds is 17. The molecule has 0 atom stereocenters. The van der Waals surface area contributed by atoms with Crippen molar-refractivity contribution in [1.82, 2.24) is 5.32 Å². The third-order valence-electron chi connectivity index (χ3n) is 5.01. The second-order valence-electron chi connectivity index (χ2n) is 7.66. The van der Waals surface area contributed by atoms with Crippen LogP contribution >= 0.6 is 0 Å². The number of amides is 2. The summed E-state index contributed by atoms with van der Waals surface area (Å²) in [5.41, 5.74) is 1.20. The zero-order chi connectivity index (χ0) is 21.2. The van der Waals surface area contributed by atoms with E-state index in [0.717, 1.165) is 12.8 Å². The predicted molar refractivity (Wildman–Crippen MR) is 120 cm³/mol. The van der Waals surface area contributed by atoms with E-state index in [4.69, 9.17) is 4.74 Å². The Morgan fingerprint density at radius 2 is 1.52 bits per heavy atom. The van der Waals surface area contributed by atoms with Crippen molar-refractivity contribution in [3.8, 4) is 0 Å². The van der Waals surface area contributed by atoms with Gasteiger partial charge in [0.15, 0.2) is 0 Å². The van der Waals surface area contributed by atoms with Crippen LogP contribution in [0.5, 0.6) is 0 Å². The molecule has 164 valence electrons. The number of hydrogen-bond acceptors (Lipinski definition) is 3. The van der Waals surface area contributed by atoms with Crippen LogP contribution in [0.4, 0.5) is 5.69 Å². The van der Waals surface area contributed by atoms with Crippen molar-refractivity contribution in [3.05, 3.63) is 29.8 Å². The Labute approximate surface area is 177 Å². The fraction of sp³-hybridized carbons (Fsp3) is 0.667. The normalized spacial score (nSPS) is 10.7. The van der Waals surface area contributed by atoms with E-state index in [0.29, 0.717) is 30.8 Å². The van der Waals surface area contributed by atoms with Crippen molar-refractivity contribution >= 4 is 17.5 Å². The molecule has 5 heteroatoms. The van der Waals surface area contributed by atoms with E-state index >= 15 is 0 Å². The van der Waals surface area contributed by atoms with Gasteiger partial charge in [0.05, 0.1) is 6.61 Å². The van der Waals surface area contributed by atoms with Crippen LogP contribution in [0.1, 0.15) is 94.3 Å². The molecule has 1 rings (SSSR count). The largest absolute Gasteiger partial charge is 0.383 e. The van der Waals surface area contributed by atoms with Crippen LogP contribution in [0, 0.1) is 0 Å². The van der Waals surface area contributed by atoms with Crippen molar-refractivity contribution in [3.63, 3.8) is 0 Å². The lowest BCUT2D eigenvalue weighted by Gasteiger charge is -2.08. The van der Waals surface area contributed by atoms with E-state index in [2.05, 4.69) is 17.6 Å². The van der Waals surface area contributed by atoms with Crippen LogP contribution in [0.3, 0.4) is 0 Å². The molecule has 0 saturated heterocycles. The van der Waals surface area contributed by atoms with Gasteiger partial charge in [0.25, 0.3) is 5.91 Å². The molecule has 29 heavy (non-hydrogen) atoms. The van der Waals surface area contributed by atoms with E-state index in [1.54, 1.807) is 25.3 Å². The van der Waals surface area contributed by atoms with Gasteiger partial charge >= 0.3 is 0 Å². The summed E-state index contributed by atoms with van der Waals surface area (Å²) in [5.74, 6) is -0.152. The van der Waals surface area contributed by atoms with E-state index < -0.39 is 0 Å². The molecule has 0 fully saturated rings. The second-order valence-corrected chi connectivity index (χ2v) is 7.66. The number of carbonyl (C=O) groups excluding carboxylic acids is 2. The van der Waals surface area contributed by atoms with Crippen LogP contribution in [-0.2, 0) is 9.53 Å². The summed E-state index contributed by atoms with van der Waals surface area (Å²) in [6.45, 7) is 3.19. The zero-order valence-electron chi connectivity index (χ0n) is 18.4. The van der Waals surface area contributed by atoms with Gasteiger partial charge in [-0.05, 0) is 24.6 Å². The zero-order valence-corrected chi connectivity index (χ0v) is 18.4. The quantitative estimate of drug-likeness (QED) is 0.327. The first kappa shape index (κ1) is 25.2. The van der Waals surface area contributed by atoms with Gasteiger partial charge in [0, 0.05) is 31.3 Å². The Balaban J connectivity index is 2.12. The first-order chi connectivity index (χ1) is 14.2. The highest BCUT2D eigenvalue weighted by Gasteiger charge is 2.07. The molecule has 0 bridgehead atoms. The van der Waals surface area contributed by atoms with Crippen LogP contribution in [0.2, 0.25) is 0 Å². The lowest BCUT2D eigenvalue weighted by molar-refractivity contribution is -0.116. The molecule has 0 saturated carbocycles. The van der Waals surface area contributed by atoms with Crippen LogP contribution in [-0.4, -0.2) is 32.1 Å². The van der Waals surface area contributed by atoms with Crippen LogP contribution < -0.4 is 10.6 Å². The van der Waals surface area contributed by atoms with Crippen molar-refractivity contribution in [2.75, 3.05) is 25.6 Å². The minimum absolute atomic E-state index is 0.0119. The number of unbranched alkanes of at least 4 members (excludes halogenated alkanes) is 10. The van der Waals surface area contributed by atoms with Gasteiger partial charge in [0.2, 0.25) is 5.91 Å². The van der Waals surface area contributed by atoms with Crippen molar-refractivity contribution in [2.24, 2.45) is 0 Å². The minimum Gasteiger partial charge on any atom is -0.383 e. The van der Waals surface area contributed by atoms with Gasteiger partial charge in [-0.25, -0.2) is 0 Å². The molecule has 0 radical (unpaired) electrons. The lowest BCUT2D eigenvalue weighted by Crippen LogP contribution is -2.27. The van der Waals surface area contributed by atoms with E-state index in [9.17, 15) is 9.59 Å². The van der Waals surface area contributed by atoms with Gasteiger partial charge in [0.1, 0.15) is 0 Å². The first-order valence-corrected chi connectivity index (χ1v) is 11.3. The van der Waals surface area contributed by atoms with Gasteiger partial charge in [-0.3, -0.25) is 9.59 Å². The summed E-state index contributed by atoms with van der Waals surface area (Å²) >= 11 is 0. The SMILES string of the molecule is CCCCCCCCCCCCCC(=O)Nc1cccc(C(=O)NCCOC)c1. The highest BCUT2D eigenvalue weighted by molar-refractivity contribution is 5.97. The fourth-order valence-electron chi connectivity index (χ4n) is 3.28. The Morgan fingerprint density at radius 3 is 2.14 bits per heavy atom. The lowest BCUT2D eigenvalue weighted by atomic mass is 10.1. The number of ether oxygens (including phenoxy) is 1. The summed E-state index contributed by atoms with van der Waals surface area (Å²) in [7, 11) is 1.60. The maximum Gasteiger partial charge on any atom is 0.251 e. The fourth-order valence-corrected chi connectivity index (χ4v) is 3.28. The average molecular weight is 405 g/mol. The number of benzene rings is 1. The molecular formula is C24H40N2O3. The standard InChI is InChI=1S/C24H40N2O3/c1-3-4-5-6-7-8-9-10-11-12-13-17-23(27)26-22-16-14-15-21(20-22)24(28)25-18-19-29-2/h14-16,20H,3-13,17-19H2,1-2H3,(H,25,28)(H,26,27). The summed E-state index contributed by atoms with van der Waals surface area (Å²) in [6.07, 6.45) is 14.5. The Bertz CT molecular complexity index is 575. The number of methoxy groups -OCH3 is 1. The maximum atomic E-state index is 12.1. The molecule has 0 unspecified atom stereocenters. The average Bonchev–Trinajstić information content (AvgIpc) is 2.72. The van der Waals surface area contributed by atoms with Gasteiger partial charge < -0.3 is 15.4 Å². The second kappa shape index (κ2) is 17.0. The Kier molecular flexibility index (Phi) is 14.8. The topological polar surface area (TPSA) is 67.4 Å². The highest BCUT2D eigenvalue weighted by atomic mass is 16.5. The van der Waals surface area contributed by atoms with Crippen molar-refractivity contribution < 1.29 is 14.3 Å². The minimum atomic E-state index is -0.163. The molecule has 1 aromatic rings. The van der Waals surface area contributed by atoms with E-state index in [1.165, 1.54) is 57.8 Å². The number of nitrogens with one attached hydrogen (secondary N) is 2. The molecule has 0 aliphatic carbocycles. The molecule has 2 N–H and O–H groups in total. The summed E-state index contributed by atoms with van der Waals surface area (Å²) < 4.78 is 4.92. The van der Waals surface area contributed by atoms with Crippen LogP contribution in [0.25, 0.3) is 0 Å².